The zero-order valence-electron chi connectivity index (χ0n) is 16.7. The second kappa shape index (κ2) is 7.09. The number of carboxylic acid groups (broad SMARTS) is 1. The van der Waals surface area contributed by atoms with Gasteiger partial charge in [-0.2, -0.15) is 0 Å². The number of nitrogens with one attached hydrogen (secondary N) is 1. The van der Waals surface area contributed by atoms with E-state index in [1.165, 1.54) is 10.8 Å². The molecular weight excluding hydrogens is 380 g/mol. The third-order valence-electron chi connectivity index (χ3n) is 6.40. The minimum atomic E-state index is -1.40. The molecule has 2 aliphatic rings. The van der Waals surface area contributed by atoms with Crippen molar-refractivity contribution >= 4 is 22.6 Å². The van der Waals surface area contributed by atoms with E-state index in [1.54, 1.807) is 6.92 Å². The fraction of sp³-hybridized carbons (Fsp3) is 0.524. The first kappa shape index (κ1) is 19.8. The monoisotopic (exact) mass is 405 g/mol. The SMILES string of the molecule is CC[C@H]1CN(c2c(F)cc3c(=O)c(C(=O)O)cn([C@@H]4C[C@@H]4F)c3c2C)C[C@H]1NC. The van der Waals surface area contributed by atoms with E-state index in [4.69, 9.17) is 0 Å². The van der Waals surface area contributed by atoms with E-state index in [0.29, 0.717) is 35.8 Å². The average molecular weight is 405 g/mol. The summed E-state index contributed by atoms with van der Waals surface area (Å²) < 4.78 is 30.6. The van der Waals surface area contributed by atoms with Crippen molar-refractivity contribution in [3.8, 4) is 0 Å². The van der Waals surface area contributed by atoms with Crippen molar-refractivity contribution < 1.29 is 18.7 Å². The molecule has 0 amide bonds. The zero-order valence-corrected chi connectivity index (χ0v) is 16.7. The van der Waals surface area contributed by atoms with Crippen LogP contribution >= 0.6 is 0 Å². The number of hydrogen-bond donors (Lipinski definition) is 2. The molecule has 1 aliphatic heterocycles. The van der Waals surface area contributed by atoms with Crippen LogP contribution in [0.5, 0.6) is 0 Å². The van der Waals surface area contributed by atoms with Crippen LogP contribution in [0, 0.1) is 18.7 Å². The van der Waals surface area contributed by atoms with Crippen molar-refractivity contribution in [2.24, 2.45) is 5.92 Å². The largest absolute Gasteiger partial charge is 0.477 e. The maximum Gasteiger partial charge on any atom is 0.341 e. The quantitative estimate of drug-likeness (QED) is 0.800. The lowest BCUT2D eigenvalue weighted by molar-refractivity contribution is 0.0694. The molecular formula is C21H25F2N3O3. The lowest BCUT2D eigenvalue weighted by Crippen LogP contribution is -2.33. The summed E-state index contributed by atoms with van der Waals surface area (Å²) in [6.45, 7) is 5.13. The normalized spacial score (nSPS) is 26.3. The highest BCUT2D eigenvalue weighted by molar-refractivity contribution is 5.95. The van der Waals surface area contributed by atoms with Gasteiger partial charge in [-0.3, -0.25) is 4.79 Å². The van der Waals surface area contributed by atoms with Crippen molar-refractivity contribution in [2.75, 3.05) is 25.0 Å². The van der Waals surface area contributed by atoms with Crippen LogP contribution in [0.3, 0.4) is 0 Å². The summed E-state index contributed by atoms with van der Waals surface area (Å²) in [6.07, 6.45) is 1.32. The molecule has 156 valence electrons. The summed E-state index contributed by atoms with van der Waals surface area (Å²) in [7, 11) is 1.89. The van der Waals surface area contributed by atoms with Gasteiger partial charge in [0.15, 0.2) is 0 Å². The second-order valence-corrected chi connectivity index (χ2v) is 8.10. The molecule has 4 atom stereocenters. The van der Waals surface area contributed by atoms with E-state index >= 15 is 4.39 Å². The van der Waals surface area contributed by atoms with E-state index in [1.807, 2.05) is 11.9 Å². The number of nitrogens with zero attached hydrogens (tertiary/aromatic N) is 2. The molecule has 0 radical (unpaired) electrons. The van der Waals surface area contributed by atoms with Crippen LogP contribution in [0.15, 0.2) is 17.1 Å². The number of carboxylic acids is 1. The fourth-order valence-electron chi connectivity index (χ4n) is 4.71. The van der Waals surface area contributed by atoms with Gasteiger partial charge in [-0.1, -0.05) is 13.3 Å². The number of fused-ring (bicyclic) bond motifs is 1. The van der Waals surface area contributed by atoms with Gasteiger partial charge in [0.25, 0.3) is 0 Å². The Balaban J connectivity index is 1.94. The molecule has 1 aromatic heterocycles. The summed E-state index contributed by atoms with van der Waals surface area (Å²) in [4.78, 5) is 26.2. The third kappa shape index (κ3) is 3.10. The molecule has 1 aliphatic carbocycles. The molecule has 2 fully saturated rings. The number of hydrogen-bond acceptors (Lipinski definition) is 4. The summed E-state index contributed by atoms with van der Waals surface area (Å²) in [5, 5.41) is 12.6. The minimum absolute atomic E-state index is 0.0147. The molecule has 0 spiro atoms. The molecule has 0 unspecified atom stereocenters. The van der Waals surface area contributed by atoms with Crippen LogP contribution in [0.2, 0.25) is 0 Å². The zero-order chi connectivity index (χ0) is 21.0. The van der Waals surface area contributed by atoms with Crippen molar-refractivity contribution in [2.45, 2.75) is 44.9 Å². The number of pyridine rings is 1. The molecule has 2 aromatic rings. The Bertz CT molecular complexity index is 1040. The van der Waals surface area contributed by atoms with Crippen LogP contribution in [-0.2, 0) is 0 Å². The van der Waals surface area contributed by atoms with Gasteiger partial charge < -0.3 is 19.9 Å². The molecule has 29 heavy (non-hydrogen) atoms. The Morgan fingerprint density at radius 2 is 2.07 bits per heavy atom. The van der Waals surface area contributed by atoms with Crippen LogP contribution in [0.1, 0.15) is 41.7 Å². The topological polar surface area (TPSA) is 74.6 Å². The van der Waals surface area contributed by atoms with Crippen LogP contribution in [-0.4, -0.2) is 48.0 Å². The Morgan fingerprint density at radius 3 is 2.59 bits per heavy atom. The van der Waals surface area contributed by atoms with Crippen molar-refractivity contribution in [3.05, 3.63) is 39.4 Å². The maximum absolute atomic E-state index is 15.2. The van der Waals surface area contributed by atoms with Gasteiger partial charge in [-0.15, -0.1) is 0 Å². The van der Waals surface area contributed by atoms with Gasteiger partial charge in [-0.25, -0.2) is 13.6 Å². The van der Waals surface area contributed by atoms with E-state index in [9.17, 15) is 19.1 Å². The second-order valence-electron chi connectivity index (χ2n) is 8.10. The van der Waals surface area contributed by atoms with E-state index in [2.05, 4.69) is 12.2 Å². The molecule has 1 saturated carbocycles. The van der Waals surface area contributed by atoms with E-state index < -0.39 is 35.0 Å². The number of likely N-dealkylation sites (N-methyl/N-ethyl adjacent to an activating group) is 1. The lowest BCUT2D eigenvalue weighted by atomic mass is 10.0. The number of aromatic nitrogens is 1. The number of anilines is 1. The van der Waals surface area contributed by atoms with E-state index in [-0.39, 0.29) is 17.8 Å². The maximum atomic E-state index is 15.2. The van der Waals surface area contributed by atoms with Crippen molar-refractivity contribution in [3.63, 3.8) is 0 Å². The number of carbonyl (C=O) groups is 1. The average Bonchev–Trinajstić information content (AvgIpc) is 3.25. The Morgan fingerprint density at radius 1 is 1.38 bits per heavy atom. The van der Waals surface area contributed by atoms with Gasteiger partial charge in [0.05, 0.1) is 17.2 Å². The molecule has 4 rings (SSSR count). The minimum Gasteiger partial charge on any atom is -0.477 e. The predicted molar refractivity (Wildman–Crippen MR) is 107 cm³/mol. The van der Waals surface area contributed by atoms with Crippen LogP contribution in [0.4, 0.5) is 14.5 Å². The molecule has 1 saturated heterocycles. The number of halogens is 2. The molecule has 1 aromatic carbocycles. The first-order valence-electron chi connectivity index (χ1n) is 9.95. The fourth-order valence-corrected chi connectivity index (χ4v) is 4.71. The number of alkyl halides is 1. The number of aryl methyl sites for hydroxylation is 1. The van der Waals surface area contributed by atoms with Gasteiger partial charge >= 0.3 is 5.97 Å². The molecule has 6 nitrogen and oxygen atoms in total. The smallest absolute Gasteiger partial charge is 0.341 e. The van der Waals surface area contributed by atoms with Gasteiger partial charge in [0.1, 0.15) is 17.6 Å². The number of aromatic carboxylic acids is 1. The highest BCUT2D eigenvalue weighted by Crippen LogP contribution is 2.43. The molecule has 0 bridgehead atoms. The van der Waals surface area contributed by atoms with Crippen molar-refractivity contribution in [1.82, 2.24) is 9.88 Å². The summed E-state index contributed by atoms with van der Waals surface area (Å²) in [6, 6.07) is 0.816. The highest BCUT2D eigenvalue weighted by atomic mass is 19.1. The van der Waals surface area contributed by atoms with Gasteiger partial charge in [-0.05, 0) is 31.5 Å². The Hall–Kier alpha value is -2.48. The molecule has 8 heteroatoms. The Kier molecular flexibility index (Phi) is 4.85. The first-order valence-corrected chi connectivity index (χ1v) is 9.95. The number of rotatable bonds is 5. The predicted octanol–water partition coefficient (Wildman–Crippen LogP) is 2.86. The molecule has 2 N–H and O–H groups in total. The van der Waals surface area contributed by atoms with Gasteiger partial charge in [0, 0.05) is 37.1 Å². The Labute approximate surface area is 167 Å². The van der Waals surface area contributed by atoms with Crippen LogP contribution < -0.4 is 15.6 Å². The van der Waals surface area contributed by atoms with Crippen LogP contribution in [0.25, 0.3) is 10.9 Å². The summed E-state index contributed by atoms with van der Waals surface area (Å²) >= 11 is 0. The summed E-state index contributed by atoms with van der Waals surface area (Å²) in [5.74, 6) is -1.59. The third-order valence-corrected chi connectivity index (χ3v) is 6.40. The van der Waals surface area contributed by atoms with Crippen molar-refractivity contribution in [1.29, 1.82) is 0 Å². The highest BCUT2D eigenvalue weighted by Gasteiger charge is 2.41. The summed E-state index contributed by atoms with van der Waals surface area (Å²) in [5.41, 5.74) is 0.156. The lowest BCUT2D eigenvalue weighted by Gasteiger charge is -2.24. The van der Waals surface area contributed by atoms with E-state index in [0.717, 1.165) is 12.5 Å². The van der Waals surface area contributed by atoms with Gasteiger partial charge in [0.2, 0.25) is 5.43 Å². The first-order chi connectivity index (χ1) is 13.8. The molecule has 2 heterocycles. The standard InChI is InChI=1S/C21H25F2N3O3/c1-4-11-7-25(9-16(11)24-3)19-10(2)18-12(5-15(19)23)20(27)13(21(28)29)8-26(18)17-6-14(17)22/h5,8,11,14,16-17,24H,4,6-7,9H2,1-3H3,(H,28,29)/t11-,14-,16+,17+/m0/s1. The number of benzene rings is 1.